The van der Waals surface area contributed by atoms with E-state index in [2.05, 4.69) is 39.2 Å². The zero-order valence-corrected chi connectivity index (χ0v) is 14.6. The summed E-state index contributed by atoms with van der Waals surface area (Å²) in [5, 5.41) is 3.91. The van der Waals surface area contributed by atoms with Gasteiger partial charge in [-0.1, -0.05) is 18.2 Å². The normalized spacial score (nSPS) is 10.7. The summed E-state index contributed by atoms with van der Waals surface area (Å²) in [5.41, 5.74) is 5.58. The van der Waals surface area contributed by atoms with Crippen LogP contribution in [0.25, 0.3) is 0 Å². The smallest absolute Gasteiger partial charge is 0.277 e. The van der Waals surface area contributed by atoms with E-state index in [0.717, 1.165) is 20.3 Å². The third-order valence-electron chi connectivity index (χ3n) is 2.84. The van der Waals surface area contributed by atoms with Crippen molar-refractivity contribution in [3.8, 4) is 5.75 Å². The van der Waals surface area contributed by atoms with Crippen molar-refractivity contribution in [3.05, 3.63) is 62.7 Å². The Morgan fingerprint density at radius 1 is 1.18 bits per heavy atom. The quantitative estimate of drug-likeness (QED) is 0.468. The first-order valence-corrected chi connectivity index (χ1v) is 7.89. The Morgan fingerprint density at radius 3 is 2.45 bits per heavy atom. The molecule has 0 radical (unpaired) electrons. The average molecular weight is 408 g/mol. The van der Waals surface area contributed by atoms with Gasteiger partial charge >= 0.3 is 0 Å². The van der Waals surface area contributed by atoms with Crippen LogP contribution in [0.1, 0.15) is 16.7 Å². The standard InChI is InChI=1S/C17H17IN2O2/c1-12-7-13(2)9-16(8-12)22-11-17(21)20-19-10-14-3-5-15(18)6-4-14/h3-10H,11H2,1-2H3,(H,20,21)/b19-10+. The fourth-order valence-corrected chi connectivity index (χ4v) is 2.28. The fraction of sp³-hybridized carbons (Fsp3) is 0.176. The molecule has 0 heterocycles. The molecule has 5 heteroatoms. The highest BCUT2D eigenvalue weighted by Crippen LogP contribution is 2.15. The molecule has 0 saturated carbocycles. The van der Waals surface area contributed by atoms with Crippen LogP contribution in [0.4, 0.5) is 0 Å². The predicted molar refractivity (Wildman–Crippen MR) is 96.3 cm³/mol. The number of halogens is 1. The highest BCUT2D eigenvalue weighted by atomic mass is 127. The van der Waals surface area contributed by atoms with Crippen LogP contribution >= 0.6 is 22.6 Å². The number of carbonyl (C=O) groups excluding carboxylic acids is 1. The van der Waals surface area contributed by atoms with Gasteiger partial charge in [-0.05, 0) is 77.4 Å². The number of hydrogen-bond acceptors (Lipinski definition) is 3. The van der Waals surface area contributed by atoms with Crippen molar-refractivity contribution >= 4 is 34.7 Å². The van der Waals surface area contributed by atoms with Crippen LogP contribution in [0, 0.1) is 17.4 Å². The number of aryl methyl sites for hydroxylation is 2. The number of ether oxygens (including phenoxy) is 1. The Hall–Kier alpha value is -1.89. The van der Waals surface area contributed by atoms with Crippen LogP contribution < -0.4 is 10.2 Å². The molecule has 114 valence electrons. The maximum atomic E-state index is 11.7. The topological polar surface area (TPSA) is 50.7 Å². The van der Waals surface area contributed by atoms with Crippen LogP contribution in [0.5, 0.6) is 5.75 Å². The number of hydrogen-bond donors (Lipinski definition) is 1. The van der Waals surface area contributed by atoms with Crippen molar-refractivity contribution in [2.45, 2.75) is 13.8 Å². The summed E-state index contributed by atoms with van der Waals surface area (Å²) in [6.07, 6.45) is 1.60. The van der Waals surface area contributed by atoms with Gasteiger partial charge in [-0.15, -0.1) is 0 Å². The van der Waals surface area contributed by atoms with Crippen molar-refractivity contribution in [2.24, 2.45) is 5.10 Å². The first-order valence-electron chi connectivity index (χ1n) is 6.81. The second kappa shape index (κ2) is 7.93. The molecule has 22 heavy (non-hydrogen) atoms. The largest absolute Gasteiger partial charge is 0.484 e. The van der Waals surface area contributed by atoms with E-state index in [1.165, 1.54) is 0 Å². The number of hydrazone groups is 1. The summed E-state index contributed by atoms with van der Waals surface area (Å²) in [4.78, 5) is 11.7. The van der Waals surface area contributed by atoms with Gasteiger partial charge in [0.05, 0.1) is 6.21 Å². The lowest BCUT2D eigenvalue weighted by Gasteiger charge is -2.07. The average Bonchev–Trinajstić information content (AvgIpc) is 2.46. The minimum atomic E-state index is -0.291. The van der Waals surface area contributed by atoms with E-state index < -0.39 is 0 Å². The third-order valence-corrected chi connectivity index (χ3v) is 3.56. The second-order valence-corrected chi connectivity index (χ2v) is 6.20. The van der Waals surface area contributed by atoms with Gasteiger partial charge in [-0.2, -0.15) is 5.10 Å². The van der Waals surface area contributed by atoms with Crippen molar-refractivity contribution in [3.63, 3.8) is 0 Å². The lowest BCUT2D eigenvalue weighted by atomic mass is 10.1. The third kappa shape index (κ3) is 5.48. The lowest BCUT2D eigenvalue weighted by Crippen LogP contribution is -2.24. The molecule has 0 unspecified atom stereocenters. The summed E-state index contributed by atoms with van der Waals surface area (Å²) in [5.74, 6) is 0.398. The molecule has 0 aliphatic carbocycles. The number of nitrogens with zero attached hydrogens (tertiary/aromatic N) is 1. The maximum absolute atomic E-state index is 11.7. The van der Waals surface area contributed by atoms with Gasteiger partial charge in [0.15, 0.2) is 6.61 Å². The Labute approximate surface area is 143 Å². The summed E-state index contributed by atoms with van der Waals surface area (Å²) in [6.45, 7) is 3.92. The molecule has 0 fully saturated rings. The second-order valence-electron chi connectivity index (χ2n) is 4.96. The van der Waals surface area contributed by atoms with E-state index in [9.17, 15) is 4.79 Å². The highest BCUT2D eigenvalue weighted by molar-refractivity contribution is 14.1. The van der Waals surface area contributed by atoms with Gasteiger partial charge in [0.1, 0.15) is 5.75 Å². The first kappa shape index (κ1) is 16.5. The van der Waals surface area contributed by atoms with Crippen LogP contribution in [0.3, 0.4) is 0 Å². The molecule has 0 saturated heterocycles. The predicted octanol–water partition coefficient (Wildman–Crippen LogP) is 3.44. The molecule has 2 rings (SSSR count). The molecular weight excluding hydrogens is 391 g/mol. The SMILES string of the molecule is Cc1cc(C)cc(OCC(=O)N/N=C/c2ccc(I)cc2)c1. The number of carbonyl (C=O) groups is 1. The highest BCUT2D eigenvalue weighted by Gasteiger charge is 2.02. The molecule has 2 aromatic carbocycles. The summed E-state index contributed by atoms with van der Waals surface area (Å²) < 4.78 is 6.61. The van der Waals surface area contributed by atoms with E-state index in [1.807, 2.05) is 50.2 Å². The number of amides is 1. The van der Waals surface area contributed by atoms with Gasteiger partial charge in [-0.25, -0.2) is 5.43 Å². The van der Waals surface area contributed by atoms with Crippen LogP contribution in [-0.4, -0.2) is 18.7 Å². The lowest BCUT2D eigenvalue weighted by molar-refractivity contribution is -0.123. The van der Waals surface area contributed by atoms with Crippen molar-refractivity contribution in [1.82, 2.24) is 5.43 Å². The summed E-state index contributed by atoms with van der Waals surface area (Å²) in [7, 11) is 0. The Kier molecular flexibility index (Phi) is 5.94. The molecule has 0 aromatic heterocycles. The van der Waals surface area contributed by atoms with E-state index in [4.69, 9.17) is 4.74 Å². The molecule has 0 bridgehead atoms. The molecule has 1 amide bonds. The molecule has 2 aromatic rings. The Balaban J connectivity index is 1.81. The fourth-order valence-electron chi connectivity index (χ4n) is 1.93. The molecule has 0 atom stereocenters. The minimum Gasteiger partial charge on any atom is -0.484 e. The van der Waals surface area contributed by atoms with Crippen LogP contribution in [0.2, 0.25) is 0 Å². The van der Waals surface area contributed by atoms with Crippen molar-refractivity contribution < 1.29 is 9.53 Å². The molecule has 0 aliphatic heterocycles. The summed E-state index contributed by atoms with van der Waals surface area (Å²) in [6, 6.07) is 13.7. The van der Waals surface area contributed by atoms with E-state index >= 15 is 0 Å². The Bertz CT molecular complexity index is 661. The zero-order chi connectivity index (χ0) is 15.9. The monoisotopic (exact) mass is 408 g/mol. The zero-order valence-electron chi connectivity index (χ0n) is 12.5. The first-order chi connectivity index (χ1) is 10.5. The number of rotatable bonds is 5. The molecule has 4 nitrogen and oxygen atoms in total. The number of benzene rings is 2. The molecule has 0 aliphatic rings. The van der Waals surface area contributed by atoms with Gasteiger partial charge in [0.2, 0.25) is 0 Å². The maximum Gasteiger partial charge on any atom is 0.277 e. The van der Waals surface area contributed by atoms with E-state index in [-0.39, 0.29) is 12.5 Å². The van der Waals surface area contributed by atoms with Crippen molar-refractivity contribution in [2.75, 3.05) is 6.61 Å². The van der Waals surface area contributed by atoms with Crippen LogP contribution in [0.15, 0.2) is 47.6 Å². The van der Waals surface area contributed by atoms with E-state index in [0.29, 0.717) is 5.75 Å². The van der Waals surface area contributed by atoms with Crippen LogP contribution in [-0.2, 0) is 4.79 Å². The van der Waals surface area contributed by atoms with Gasteiger partial charge in [-0.3, -0.25) is 4.79 Å². The molecule has 0 spiro atoms. The van der Waals surface area contributed by atoms with Gasteiger partial charge < -0.3 is 4.74 Å². The van der Waals surface area contributed by atoms with E-state index in [1.54, 1.807) is 6.21 Å². The van der Waals surface area contributed by atoms with Gasteiger partial charge in [0.25, 0.3) is 5.91 Å². The van der Waals surface area contributed by atoms with Gasteiger partial charge in [0, 0.05) is 3.57 Å². The summed E-state index contributed by atoms with van der Waals surface area (Å²) >= 11 is 2.23. The number of nitrogens with one attached hydrogen (secondary N) is 1. The Morgan fingerprint density at radius 2 is 1.82 bits per heavy atom. The molecule has 1 N–H and O–H groups in total. The molecular formula is C17H17IN2O2. The van der Waals surface area contributed by atoms with Crippen molar-refractivity contribution in [1.29, 1.82) is 0 Å². The minimum absolute atomic E-state index is 0.0626.